The number of nitrogens with zero attached hydrogens (tertiary/aromatic N) is 2. The Balaban J connectivity index is 1.57. The first-order valence-electron chi connectivity index (χ1n) is 8.49. The van der Waals surface area contributed by atoms with Gasteiger partial charge in [-0.1, -0.05) is 6.07 Å². The lowest BCUT2D eigenvalue weighted by atomic mass is 9.83. The Hall–Kier alpha value is -2.57. The van der Waals surface area contributed by atoms with Crippen molar-refractivity contribution in [1.29, 1.82) is 0 Å². The quantitative estimate of drug-likeness (QED) is 0.782. The minimum Gasteiger partial charge on any atom is -0.338 e. The van der Waals surface area contributed by atoms with Gasteiger partial charge < -0.3 is 9.47 Å². The Labute approximate surface area is 147 Å². The number of pyridine rings is 1. The zero-order valence-electron chi connectivity index (χ0n) is 13.9. The van der Waals surface area contributed by atoms with Crippen LogP contribution in [-0.4, -0.2) is 28.5 Å². The fourth-order valence-electron chi connectivity index (χ4n) is 4.05. The first-order chi connectivity index (χ1) is 12.3. The first-order valence-corrected chi connectivity index (χ1v) is 8.49. The van der Waals surface area contributed by atoms with E-state index in [2.05, 4.69) is 0 Å². The second kappa shape index (κ2) is 6.00. The van der Waals surface area contributed by atoms with Gasteiger partial charge in [-0.25, -0.2) is 0 Å². The third-order valence-electron chi connectivity index (χ3n) is 5.23. The van der Waals surface area contributed by atoms with Crippen LogP contribution in [0.3, 0.4) is 0 Å². The number of benzene rings is 1. The summed E-state index contributed by atoms with van der Waals surface area (Å²) < 4.78 is 39.8. The molecule has 0 N–H and O–H groups in total. The Kier molecular flexibility index (Phi) is 3.89. The van der Waals surface area contributed by atoms with E-state index in [9.17, 15) is 22.8 Å². The minimum absolute atomic E-state index is 0.0280. The van der Waals surface area contributed by atoms with Gasteiger partial charge in [0.05, 0.1) is 5.56 Å². The van der Waals surface area contributed by atoms with Gasteiger partial charge in [-0.15, -0.1) is 0 Å². The highest BCUT2D eigenvalue weighted by Crippen LogP contribution is 2.35. The molecule has 1 aromatic heterocycles. The molecule has 1 aromatic carbocycles. The molecule has 0 aliphatic carbocycles. The molecule has 2 unspecified atom stereocenters. The molecule has 2 aromatic rings. The Morgan fingerprint density at radius 3 is 2.42 bits per heavy atom. The van der Waals surface area contributed by atoms with Crippen molar-refractivity contribution < 1.29 is 18.0 Å². The van der Waals surface area contributed by atoms with Crippen molar-refractivity contribution in [3.8, 4) is 0 Å². The number of carbonyl (C=O) groups excluding carboxylic acids is 1. The molecule has 1 saturated heterocycles. The number of aromatic nitrogens is 1. The fraction of sp³-hybridized carbons (Fsp3) is 0.368. The highest BCUT2D eigenvalue weighted by Gasteiger charge is 2.36. The smallest absolute Gasteiger partial charge is 0.338 e. The molecule has 2 atom stereocenters. The summed E-state index contributed by atoms with van der Waals surface area (Å²) in [7, 11) is 0. The monoisotopic (exact) mass is 362 g/mol. The summed E-state index contributed by atoms with van der Waals surface area (Å²) in [6.45, 7) is 1.55. The van der Waals surface area contributed by atoms with Gasteiger partial charge in [0, 0.05) is 42.9 Å². The zero-order chi connectivity index (χ0) is 18.5. The van der Waals surface area contributed by atoms with E-state index in [1.807, 2.05) is 6.07 Å². The van der Waals surface area contributed by atoms with Gasteiger partial charge in [0.1, 0.15) is 0 Å². The molecule has 0 spiro atoms. The molecule has 136 valence electrons. The SMILES string of the molecule is O=C(c1ccc(C(F)(F)F)cc1)N1CC2CC(C1)c1cccc(=O)n1C2. The lowest BCUT2D eigenvalue weighted by Crippen LogP contribution is -2.49. The molecular formula is C19H17F3N2O2. The second-order valence-corrected chi connectivity index (χ2v) is 6.98. The van der Waals surface area contributed by atoms with Gasteiger partial charge in [0.2, 0.25) is 0 Å². The Bertz CT molecular complexity index is 902. The second-order valence-electron chi connectivity index (χ2n) is 6.98. The van der Waals surface area contributed by atoms with Crippen LogP contribution >= 0.6 is 0 Å². The van der Waals surface area contributed by atoms with Gasteiger partial charge in [-0.2, -0.15) is 13.2 Å². The van der Waals surface area contributed by atoms with Crippen molar-refractivity contribution in [2.75, 3.05) is 13.1 Å². The van der Waals surface area contributed by atoms with E-state index in [4.69, 9.17) is 0 Å². The number of alkyl halides is 3. The van der Waals surface area contributed by atoms with E-state index >= 15 is 0 Å². The number of rotatable bonds is 1. The lowest BCUT2D eigenvalue weighted by Gasteiger charge is -2.42. The maximum absolute atomic E-state index is 12.7. The van der Waals surface area contributed by atoms with Gasteiger partial charge in [0.15, 0.2) is 0 Å². The third kappa shape index (κ3) is 2.91. The number of hydrogen-bond acceptors (Lipinski definition) is 2. The van der Waals surface area contributed by atoms with Crippen LogP contribution < -0.4 is 5.56 Å². The molecule has 1 amide bonds. The molecule has 4 rings (SSSR count). The molecule has 3 heterocycles. The van der Waals surface area contributed by atoms with Crippen molar-refractivity contribution >= 4 is 5.91 Å². The number of fused-ring (bicyclic) bond motifs is 4. The van der Waals surface area contributed by atoms with E-state index in [-0.39, 0.29) is 28.9 Å². The van der Waals surface area contributed by atoms with Crippen LogP contribution in [-0.2, 0) is 12.7 Å². The van der Waals surface area contributed by atoms with Crippen molar-refractivity contribution in [3.63, 3.8) is 0 Å². The summed E-state index contributed by atoms with van der Waals surface area (Å²) in [4.78, 5) is 26.5. The topological polar surface area (TPSA) is 42.3 Å². The molecule has 0 radical (unpaired) electrons. The van der Waals surface area contributed by atoms with Crippen LogP contribution in [0.2, 0.25) is 0 Å². The maximum Gasteiger partial charge on any atom is 0.416 e. The van der Waals surface area contributed by atoms with Crippen molar-refractivity contribution in [3.05, 3.63) is 69.6 Å². The number of halogens is 3. The third-order valence-corrected chi connectivity index (χ3v) is 5.23. The van der Waals surface area contributed by atoms with Crippen LogP contribution in [0.25, 0.3) is 0 Å². The Morgan fingerprint density at radius 1 is 1.00 bits per heavy atom. The standard InChI is InChI=1S/C19H17F3N2O2/c20-19(21,22)15-6-4-13(5-7-15)18(26)23-9-12-8-14(11-23)16-2-1-3-17(25)24(16)10-12/h1-7,12,14H,8-11H2. The van der Waals surface area contributed by atoms with Crippen molar-refractivity contribution in [2.45, 2.75) is 25.1 Å². The van der Waals surface area contributed by atoms with E-state index in [1.54, 1.807) is 15.5 Å². The number of carbonyl (C=O) groups is 1. The largest absolute Gasteiger partial charge is 0.416 e. The Morgan fingerprint density at radius 2 is 1.73 bits per heavy atom. The summed E-state index contributed by atoms with van der Waals surface area (Å²) in [5.41, 5.74) is 0.389. The van der Waals surface area contributed by atoms with Crippen molar-refractivity contribution in [2.24, 2.45) is 5.92 Å². The molecular weight excluding hydrogens is 345 g/mol. The average molecular weight is 362 g/mol. The average Bonchev–Trinajstić information content (AvgIpc) is 2.61. The van der Waals surface area contributed by atoms with E-state index in [0.717, 1.165) is 24.2 Å². The molecule has 2 aliphatic rings. The van der Waals surface area contributed by atoms with Gasteiger partial charge in [0.25, 0.3) is 11.5 Å². The molecule has 1 fully saturated rings. The maximum atomic E-state index is 12.7. The predicted octanol–water partition coefficient (Wildman–Crippen LogP) is 3.13. The number of amides is 1. The van der Waals surface area contributed by atoms with Crippen LogP contribution in [0, 0.1) is 5.92 Å². The van der Waals surface area contributed by atoms with Gasteiger partial charge in [-0.05, 0) is 42.7 Å². The van der Waals surface area contributed by atoms with Crippen LogP contribution in [0.4, 0.5) is 13.2 Å². The molecule has 4 nitrogen and oxygen atoms in total. The van der Waals surface area contributed by atoms with Crippen molar-refractivity contribution in [1.82, 2.24) is 9.47 Å². The molecule has 2 bridgehead atoms. The number of hydrogen-bond donors (Lipinski definition) is 0. The van der Waals surface area contributed by atoms with Crippen LogP contribution in [0.15, 0.2) is 47.3 Å². The minimum atomic E-state index is -4.42. The molecule has 7 heteroatoms. The molecule has 26 heavy (non-hydrogen) atoms. The van der Waals surface area contributed by atoms with Crippen LogP contribution in [0.1, 0.15) is 34.0 Å². The summed E-state index contributed by atoms with van der Waals surface area (Å²) in [6, 6.07) is 9.51. The van der Waals surface area contributed by atoms with Gasteiger partial charge >= 0.3 is 6.18 Å². The summed E-state index contributed by atoms with van der Waals surface area (Å²) in [5, 5.41) is 0. The van der Waals surface area contributed by atoms with E-state index in [0.29, 0.717) is 19.6 Å². The highest BCUT2D eigenvalue weighted by molar-refractivity contribution is 5.94. The van der Waals surface area contributed by atoms with Crippen LogP contribution in [0.5, 0.6) is 0 Å². The fourth-order valence-corrected chi connectivity index (χ4v) is 4.05. The predicted molar refractivity (Wildman–Crippen MR) is 88.9 cm³/mol. The van der Waals surface area contributed by atoms with E-state index in [1.165, 1.54) is 18.2 Å². The zero-order valence-corrected chi connectivity index (χ0v) is 13.9. The van der Waals surface area contributed by atoms with Gasteiger partial charge in [-0.3, -0.25) is 9.59 Å². The summed E-state index contributed by atoms with van der Waals surface area (Å²) >= 11 is 0. The first kappa shape index (κ1) is 16.9. The molecule has 2 aliphatic heterocycles. The summed E-state index contributed by atoms with van der Waals surface area (Å²) in [5.74, 6) is -0.00491. The highest BCUT2D eigenvalue weighted by atomic mass is 19.4. The number of likely N-dealkylation sites (tertiary alicyclic amines) is 1. The summed E-state index contributed by atoms with van der Waals surface area (Å²) in [6.07, 6.45) is -3.50. The van der Waals surface area contributed by atoms with E-state index < -0.39 is 11.7 Å². The lowest BCUT2D eigenvalue weighted by molar-refractivity contribution is -0.137. The molecule has 0 saturated carbocycles. The number of piperidine rings is 1. The normalized spacial score (nSPS) is 22.0.